The van der Waals surface area contributed by atoms with Crippen molar-refractivity contribution in [3.8, 4) is 5.75 Å². The van der Waals surface area contributed by atoms with Crippen LogP contribution in [0.4, 0.5) is 8.78 Å². The third-order valence-electron chi connectivity index (χ3n) is 1.56. The summed E-state index contributed by atoms with van der Waals surface area (Å²) in [5, 5.41) is 0. The van der Waals surface area contributed by atoms with Crippen LogP contribution in [0.2, 0.25) is 4.47 Å². The highest BCUT2D eigenvalue weighted by molar-refractivity contribution is 7.22. The molecule has 0 bridgehead atoms. The van der Waals surface area contributed by atoms with Gasteiger partial charge in [0.25, 0.3) is 0 Å². The molecular weight excluding hydrogens is 232 g/mol. The van der Waals surface area contributed by atoms with E-state index in [1.807, 2.05) is 0 Å². The van der Waals surface area contributed by atoms with Crippen molar-refractivity contribution in [3.63, 3.8) is 0 Å². The molecule has 2 rings (SSSR count). The zero-order valence-corrected chi connectivity index (χ0v) is 8.28. The lowest BCUT2D eigenvalue weighted by atomic mass is 10.3. The number of hydrogen-bond donors (Lipinski definition) is 0. The van der Waals surface area contributed by atoms with Gasteiger partial charge in [0.1, 0.15) is 5.75 Å². The first-order valence-corrected chi connectivity index (χ1v) is 4.85. The number of aromatic nitrogens is 1. The molecule has 0 amide bonds. The van der Waals surface area contributed by atoms with E-state index >= 15 is 0 Å². The maximum atomic E-state index is 11.9. The molecule has 0 saturated heterocycles. The summed E-state index contributed by atoms with van der Waals surface area (Å²) < 4.78 is 29.2. The monoisotopic (exact) mass is 235 g/mol. The van der Waals surface area contributed by atoms with Crippen molar-refractivity contribution < 1.29 is 13.5 Å². The van der Waals surface area contributed by atoms with Crippen molar-refractivity contribution in [1.82, 2.24) is 4.98 Å². The number of fused-ring (bicyclic) bond motifs is 1. The molecule has 0 saturated carbocycles. The minimum absolute atomic E-state index is 0.0921. The maximum Gasteiger partial charge on any atom is 0.387 e. The number of hydrogen-bond acceptors (Lipinski definition) is 3. The summed E-state index contributed by atoms with van der Waals surface area (Å²) in [4.78, 5) is 3.94. The van der Waals surface area contributed by atoms with Gasteiger partial charge in [-0.05, 0) is 12.1 Å². The Labute approximate surface area is 87.1 Å². The second-order valence-electron chi connectivity index (χ2n) is 2.47. The topological polar surface area (TPSA) is 22.1 Å². The van der Waals surface area contributed by atoms with Gasteiger partial charge in [0.2, 0.25) is 0 Å². The molecule has 1 aromatic carbocycles. The van der Waals surface area contributed by atoms with Crippen LogP contribution in [-0.4, -0.2) is 11.6 Å². The Morgan fingerprint density at radius 2 is 2.21 bits per heavy atom. The van der Waals surface area contributed by atoms with Crippen molar-refractivity contribution in [1.29, 1.82) is 0 Å². The highest BCUT2D eigenvalue weighted by atomic mass is 35.5. The quantitative estimate of drug-likeness (QED) is 0.794. The van der Waals surface area contributed by atoms with Gasteiger partial charge in [-0.15, -0.1) is 11.3 Å². The molecular formula is C8H4ClF2NOS. The van der Waals surface area contributed by atoms with Gasteiger partial charge in [0, 0.05) is 6.07 Å². The first-order chi connectivity index (χ1) is 6.65. The van der Waals surface area contributed by atoms with E-state index in [4.69, 9.17) is 11.6 Å². The number of nitrogens with zero attached hydrogens (tertiary/aromatic N) is 1. The van der Waals surface area contributed by atoms with Gasteiger partial charge in [0.15, 0.2) is 4.47 Å². The van der Waals surface area contributed by atoms with Gasteiger partial charge in [-0.25, -0.2) is 4.98 Å². The third kappa shape index (κ3) is 1.93. The smallest absolute Gasteiger partial charge is 0.387 e. The molecule has 1 aromatic heterocycles. The number of rotatable bonds is 2. The SMILES string of the molecule is FC(F)Oc1ccc2sc(Cl)nc2c1. The minimum atomic E-state index is -2.82. The molecule has 0 aliphatic carbocycles. The number of thiazole rings is 1. The standard InChI is InChI=1S/C8H4ClF2NOS/c9-7-12-5-3-4(13-8(10)11)1-2-6(5)14-7/h1-3,8H. The van der Waals surface area contributed by atoms with Crippen LogP contribution in [0.15, 0.2) is 18.2 Å². The fourth-order valence-electron chi connectivity index (χ4n) is 1.06. The zero-order chi connectivity index (χ0) is 10.1. The summed E-state index contributed by atoms with van der Waals surface area (Å²) in [6, 6.07) is 4.55. The van der Waals surface area contributed by atoms with E-state index in [1.165, 1.54) is 23.5 Å². The highest BCUT2D eigenvalue weighted by Crippen LogP contribution is 2.28. The molecule has 0 fully saturated rings. The lowest BCUT2D eigenvalue weighted by molar-refractivity contribution is -0.0497. The van der Waals surface area contributed by atoms with Gasteiger partial charge in [-0.1, -0.05) is 11.6 Å². The summed E-state index contributed by atoms with van der Waals surface area (Å²) in [6.45, 7) is -2.82. The molecule has 6 heteroatoms. The first kappa shape index (κ1) is 9.61. The Hall–Kier alpha value is -0.940. The molecule has 0 aliphatic rings. The van der Waals surface area contributed by atoms with Crippen molar-refractivity contribution in [2.45, 2.75) is 6.61 Å². The number of benzene rings is 1. The summed E-state index contributed by atoms with van der Waals surface area (Å²) in [6.07, 6.45) is 0. The van der Waals surface area contributed by atoms with Crippen LogP contribution in [0.5, 0.6) is 5.75 Å². The van der Waals surface area contributed by atoms with Gasteiger partial charge >= 0.3 is 6.61 Å². The number of ether oxygens (including phenoxy) is 1. The number of alkyl halides is 2. The van der Waals surface area contributed by atoms with Gasteiger partial charge < -0.3 is 4.74 Å². The minimum Gasteiger partial charge on any atom is -0.435 e. The van der Waals surface area contributed by atoms with Crippen molar-refractivity contribution in [2.75, 3.05) is 0 Å². The van der Waals surface area contributed by atoms with Crippen molar-refractivity contribution in [2.24, 2.45) is 0 Å². The average molecular weight is 236 g/mol. The van der Waals surface area contributed by atoms with Crippen molar-refractivity contribution in [3.05, 3.63) is 22.7 Å². The van der Waals surface area contributed by atoms with Crippen LogP contribution < -0.4 is 4.74 Å². The van der Waals surface area contributed by atoms with Gasteiger partial charge in [-0.2, -0.15) is 8.78 Å². The number of halogens is 3. The van der Waals surface area contributed by atoms with E-state index in [9.17, 15) is 8.78 Å². The van der Waals surface area contributed by atoms with Gasteiger partial charge in [0.05, 0.1) is 10.2 Å². The Bertz CT molecular complexity index is 460. The highest BCUT2D eigenvalue weighted by Gasteiger charge is 2.07. The molecule has 1 heterocycles. The molecule has 0 atom stereocenters. The predicted octanol–water partition coefficient (Wildman–Crippen LogP) is 3.55. The normalized spacial score (nSPS) is 11.1. The van der Waals surface area contributed by atoms with Crippen LogP contribution in [0.3, 0.4) is 0 Å². The van der Waals surface area contributed by atoms with E-state index in [2.05, 4.69) is 9.72 Å². The van der Waals surface area contributed by atoms with E-state index in [0.29, 0.717) is 9.98 Å². The van der Waals surface area contributed by atoms with E-state index in [-0.39, 0.29) is 5.75 Å². The maximum absolute atomic E-state index is 11.9. The fourth-order valence-corrected chi connectivity index (χ4v) is 2.07. The van der Waals surface area contributed by atoms with Crippen LogP contribution in [0.1, 0.15) is 0 Å². The Morgan fingerprint density at radius 1 is 1.43 bits per heavy atom. The lowest BCUT2D eigenvalue weighted by Gasteiger charge is -2.02. The largest absolute Gasteiger partial charge is 0.435 e. The van der Waals surface area contributed by atoms with Crippen LogP contribution in [0, 0.1) is 0 Å². The molecule has 0 spiro atoms. The van der Waals surface area contributed by atoms with E-state index < -0.39 is 6.61 Å². The van der Waals surface area contributed by atoms with E-state index in [0.717, 1.165) is 4.70 Å². The van der Waals surface area contributed by atoms with E-state index in [1.54, 1.807) is 6.07 Å². The lowest BCUT2D eigenvalue weighted by Crippen LogP contribution is -2.01. The molecule has 74 valence electrons. The summed E-state index contributed by atoms with van der Waals surface area (Å²) in [5.41, 5.74) is 0.568. The second-order valence-corrected chi connectivity index (χ2v) is 4.09. The van der Waals surface area contributed by atoms with Crippen LogP contribution >= 0.6 is 22.9 Å². The average Bonchev–Trinajstić information content (AvgIpc) is 2.42. The van der Waals surface area contributed by atoms with Crippen LogP contribution in [-0.2, 0) is 0 Å². The molecule has 2 aromatic rings. The third-order valence-corrected chi connectivity index (χ3v) is 2.70. The second kappa shape index (κ2) is 3.67. The Morgan fingerprint density at radius 3 is 2.93 bits per heavy atom. The Balaban J connectivity index is 2.40. The zero-order valence-electron chi connectivity index (χ0n) is 6.71. The molecule has 0 radical (unpaired) electrons. The Kier molecular flexibility index (Phi) is 2.52. The first-order valence-electron chi connectivity index (χ1n) is 3.66. The summed E-state index contributed by atoms with van der Waals surface area (Å²) in [5.74, 6) is 0.0921. The molecule has 0 N–H and O–H groups in total. The molecule has 0 aliphatic heterocycles. The fraction of sp³-hybridized carbons (Fsp3) is 0.125. The van der Waals surface area contributed by atoms with Gasteiger partial charge in [-0.3, -0.25) is 0 Å². The molecule has 0 unspecified atom stereocenters. The van der Waals surface area contributed by atoms with Crippen LogP contribution in [0.25, 0.3) is 10.2 Å². The summed E-state index contributed by atoms with van der Waals surface area (Å²) in [7, 11) is 0. The molecule has 14 heavy (non-hydrogen) atoms. The van der Waals surface area contributed by atoms with Crippen molar-refractivity contribution >= 4 is 33.2 Å². The molecule has 2 nitrogen and oxygen atoms in total. The summed E-state index contributed by atoms with van der Waals surface area (Å²) >= 11 is 6.95. The predicted molar refractivity (Wildman–Crippen MR) is 51.3 cm³/mol.